The molecule has 1 saturated heterocycles. The van der Waals surface area contributed by atoms with Crippen LogP contribution in [0.3, 0.4) is 0 Å². The Morgan fingerprint density at radius 2 is 1.87 bits per heavy atom. The van der Waals surface area contributed by atoms with Gasteiger partial charge in [-0.15, -0.1) is 0 Å². The molecule has 2 N–H and O–H groups in total. The first kappa shape index (κ1) is 16.3. The van der Waals surface area contributed by atoms with Crippen molar-refractivity contribution in [1.29, 1.82) is 0 Å². The molecule has 1 amide bonds. The lowest BCUT2D eigenvalue weighted by Gasteiger charge is -2.23. The predicted octanol–water partition coefficient (Wildman–Crippen LogP) is 3.51. The smallest absolute Gasteiger partial charge is 0.326 e. The maximum atomic E-state index is 12.3. The Kier molecular flexibility index (Phi) is 4.36. The lowest BCUT2D eigenvalue weighted by Crippen LogP contribution is -2.31. The van der Waals surface area contributed by atoms with Gasteiger partial charge in [0.2, 0.25) is 5.91 Å². The van der Waals surface area contributed by atoms with Crippen LogP contribution < -0.4 is 10.6 Å². The van der Waals surface area contributed by atoms with Crippen molar-refractivity contribution in [3.63, 3.8) is 0 Å². The summed E-state index contributed by atoms with van der Waals surface area (Å²) in [7, 11) is 0. The number of rotatable bonds is 4. The molecule has 0 aromatic heterocycles. The molecule has 1 aliphatic carbocycles. The summed E-state index contributed by atoms with van der Waals surface area (Å²) in [5, 5.41) is 6.20. The molecule has 0 bridgehead atoms. The molecule has 1 saturated carbocycles. The van der Waals surface area contributed by atoms with Gasteiger partial charge < -0.3 is 10.6 Å². The fourth-order valence-electron chi connectivity index (χ4n) is 3.47. The maximum Gasteiger partial charge on any atom is 0.389 e. The number of hydrogen-bond donors (Lipinski definition) is 2. The fourth-order valence-corrected chi connectivity index (χ4v) is 3.47. The number of carbonyl (C=O) groups is 1. The number of aryl methyl sites for hydroxylation is 1. The van der Waals surface area contributed by atoms with Gasteiger partial charge in [0.05, 0.1) is 0 Å². The van der Waals surface area contributed by atoms with E-state index in [-0.39, 0.29) is 23.7 Å². The number of piperidine rings is 1. The van der Waals surface area contributed by atoms with E-state index in [4.69, 9.17) is 0 Å². The second-order valence-corrected chi connectivity index (χ2v) is 6.67. The van der Waals surface area contributed by atoms with Gasteiger partial charge in [-0.3, -0.25) is 4.79 Å². The molecule has 1 unspecified atom stereocenters. The Morgan fingerprint density at radius 1 is 1.22 bits per heavy atom. The second kappa shape index (κ2) is 6.15. The molecule has 1 spiro atoms. The van der Waals surface area contributed by atoms with Crippen molar-refractivity contribution < 1.29 is 18.0 Å². The van der Waals surface area contributed by atoms with Crippen LogP contribution in [0.5, 0.6) is 0 Å². The molecule has 1 heterocycles. The van der Waals surface area contributed by atoms with Crippen LogP contribution in [0.1, 0.15) is 31.2 Å². The predicted molar refractivity (Wildman–Crippen MR) is 82.1 cm³/mol. The molecular weight excluding hydrogens is 305 g/mol. The summed E-state index contributed by atoms with van der Waals surface area (Å²) in [6.45, 7) is 1.94. The van der Waals surface area contributed by atoms with Crippen LogP contribution in [0.15, 0.2) is 24.3 Å². The Balaban J connectivity index is 1.51. The quantitative estimate of drug-likeness (QED) is 0.889. The molecule has 6 heteroatoms. The first-order valence-corrected chi connectivity index (χ1v) is 8.05. The first-order chi connectivity index (χ1) is 10.9. The molecule has 1 aromatic rings. The van der Waals surface area contributed by atoms with E-state index >= 15 is 0 Å². The van der Waals surface area contributed by atoms with Gasteiger partial charge in [0, 0.05) is 18.0 Å². The highest BCUT2D eigenvalue weighted by molar-refractivity contribution is 5.95. The van der Waals surface area contributed by atoms with Crippen LogP contribution in [0.4, 0.5) is 18.9 Å². The van der Waals surface area contributed by atoms with Crippen molar-refractivity contribution in [3.8, 4) is 0 Å². The van der Waals surface area contributed by atoms with Crippen molar-refractivity contribution in [2.45, 2.75) is 38.3 Å². The third-order valence-electron chi connectivity index (χ3n) is 5.02. The third kappa shape index (κ3) is 4.05. The lowest BCUT2D eigenvalue weighted by molar-refractivity contribution is -0.134. The highest BCUT2D eigenvalue weighted by Gasteiger charge is 2.57. The zero-order chi connectivity index (χ0) is 16.5. The van der Waals surface area contributed by atoms with Gasteiger partial charge in [0.15, 0.2) is 0 Å². The third-order valence-corrected chi connectivity index (χ3v) is 5.02. The van der Waals surface area contributed by atoms with Crippen molar-refractivity contribution in [2.24, 2.45) is 11.3 Å². The highest BCUT2D eigenvalue weighted by atomic mass is 19.4. The van der Waals surface area contributed by atoms with E-state index in [1.807, 2.05) is 0 Å². The molecule has 3 rings (SSSR count). The van der Waals surface area contributed by atoms with E-state index in [0.29, 0.717) is 11.3 Å². The van der Waals surface area contributed by atoms with Gasteiger partial charge in [-0.2, -0.15) is 13.2 Å². The molecule has 1 atom stereocenters. The molecule has 0 radical (unpaired) electrons. The van der Waals surface area contributed by atoms with Gasteiger partial charge in [-0.25, -0.2) is 0 Å². The lowest BCUT2D eigenvalue weighted by atomic mass is 9.92. The first-order valence-electron chi connectivity index (χ1n) is 8.05. The summed E-state index contributed by atoms with van der Waals surface area (Å²) in [5.74, 6) is 0.115. The van der Waals surface area contributed by atoms with Crippen molar-refractivity contribution >= 4 is 11.6 Å². The number of halogens is 3. The molecule has 3 nitrogen and oxygen atoms in total. The van der Waals surface area contributed by atoms with Gasteiger partial charge in [-0.1, -0.05) is 12.1 Å². The number of benzene rings is 1. The van der Waals surface area contributed by atoms with Crippen LogP contribution in [-0.4, -0.2) is 25.2 Å². The summed E-state index contributed by atoms with van der Waals surface area (Å²) in [4.78, 5) is 12.3. The number of nitrogens with one attached hydrogen (secondary N) is 2. The summed E-state index contributed by atoms with van der Waals surface area (Å²) >= 11 is 0. The van der Waals surface area contributed by atoms with E-state index in [1.54, 1.807) is 24.3 Å². The largest absolute Gasteiger partial charge is 0.389 e. The Hall–Kier alpha value is -1.56. The number of alkyl halides is 3. The summed E-state index contributed by atoms with van der Waals surface area (Å²) < 4.78 is 36.6. The number of hydrogen-bond acceptors (Lipinski definition) is 2. The SMILES string of the molecule is O=C(Nc1ccc(CCC(F)(F)F)cc1)C1CC12CCNCC2. The summed E-state index contributed by atoms with van der Waals surface area (Å²) in [6.07, 6.45) is -1.96. The minimum atomic E-state index is -4.14. The topological polar surface area (TPSA) is 41.1 Å². The number of amides is 1. The van der Waals surface area contributed by atoms with Gasteiger partial charge in [-0.05, 0) is 61.9 Å². The molecule has 126 valence electrons. The van der Waals surface area contributed by atoms with Crippen LogP contribution in [0.2, 0.25) is 0 Å². The van der Waals surface area contributed by atoms with E-state index in [2.05, 4.69) is 10.6 Å². The van der Waals surface area contributed by atoms with Gasteiger partial charge in [0.25, 0.3) is 0 Å². The zero-order valence-corrected chi connectivity index (χ0v) is 12.9. The van der Waals surface area contributed by atoms with E-state index in [0.717, 1.165) is 32.4 Å². The average molecular weight is 326 g/mol. The Labute approximate surface area is 133 Å². The monoisotopic (exact) mass is 326 g/mol. The minimum Gasteiger partial charge on any atom is -0.326 e. The standard InChI is InChI=1S/C17H21F3N2O/c18-17(19,20)6-5-12-1-3-13(4-2-12)22-15(23)14-11-16(14)7-9-21-10-8-16/h1-4,14,21H,5-11H2,(H,22,23). The molecule has 23 heavy (non-hydrogen) atoms. The van der Waals surface area contributed by atoms with Crippen molar-refractivity contribution in [1.82, 2.24) is 5.32 Å². The van der Waals surface area contributed by atoms with Crippen LogP contribution in [-0.2, 0) is 11.2 Å². The normalized spacial score (nSPS) is 22.8. The molecular formula is C17H21F3N2O. The Bertz CT molecular complexity index is 562. The van der Waals surface area contributed by atoms with Crippen LogP contribution >= 0.6 is 0 Å². The molecule has 2 aliphatic rings. The van der Waals surface area contributed by atoms with E-state index in [9.17, 15) is 18.0 Å². The highest BCUT2D eigenvalue weighted by Crippen LogP contribution is 2.58. The maximum absolute atomic E-state index is 12.3. The van der Waals surface area contributed by atoms with Crippen LogP contribution in [0, 0.1) is 11.3 Å². The summed E-state index contributed by atoms with van der Waals surface area (Å²) in [5.41, 5.74) is 1.46. The summed E-state index contributed by atoms with van der Waals surface area (Å²) in [6, 6.07) is 6.66. The van der Waals surface area contributed by atoms with E-state index in [1.165, 1.54) is 0 Å². The zero-order valence-electron chi connectivity index (χ0n) is 12.9. The van der Waals surface area contributed by atoms with Crippen LogP contribution in [0.25, 0.3) is 0 Å². The number of anilines is 1. The fraction of sp³-hybridized carbons (Fsp3) is 0.588. The average Bonchev–Trinajstić information content (AvgIpc) is 3.20. The second-order valence-electron chi connectivity index (χ2n) is 6.67. The molecule has 1 aromatic carbocycles. The minimum absolute atomic E-state index is 0.0313. The molecule has 2 fully saturated rings. The van der Waals surface area contributed by atoms with Crippen molar-refractivity contribution in [3.05, 3.63) is 29.8 Å². The van der Waals surface area contributed by atoms with Gasteiger partial charge >= 0.3 is 6.18 Å². The van der Waals surface area contributed by atoms with Crippen molar-refractivity contribution in [2.75, 3.05) is 18.4 Å². The van der Waals surface area contributed by atoms with E-state index < -0.39 is 12.6 Å². The number of carbonyl (C=O) groups excluding carboxylic acids is 1. The molecule has 1 aliphatic heterocycles. The van der Waals surface area contributed by atoms with Gasteiger partial charge in [0.1, 0.15) is 0 Å². The Morgan fingerprint density at radius 3 is 2.48 bits per heavy atom.